The third-order valence-electron chi connectivity index (χ3n) is 5.21. The van der Waals surface area contributed by atoms with Crippen LogP contribution in [0, 0.1) is 17.8 Å². The van der Waals surface area contributed by atoms with Crippen LogP contribution in [0.5, 0.6) is 0 Å². The first-order valence-electron chi connectivity index (χ1n) is 6.95. The summed E-state index contributed by atoms with van der Waals surface area (Å²) in [5.74, 6) is 1.89. The van der Waals surface area contributed by atoms with Gasteiger partial charge >= 0.3 is 0 Å². The number of nitrogens with zero attached hydrogens (tertiary/aromatic N) is 1. The molecule has 2 saturated carbocycles. The van der Waals surface area contributed by atoms with Gasteiger partial charge in [0.05, 0.1) is 4.90 Å². The van der Waals surface area contributed by atoms with E-state index in [9.17, 15) is 8.42 Å². The normalized spacial score (nSPS) is 35.9. The van der Waals surface area contributed by atoms with Crippen LogP contribution in [0.15, 0.2) is 23.1 Å². The standard InChI is InChI=1S/C14H15Cl2NO2S/c15-10-4-11(16)6-12(5-10)20(18,19)17-7-13-8-1-2-9(3-8)14(13)17/h4-6,8-9,13-14H,1-3,7H2/t8-,9-,13+,14-/m0/s1. The van der Waals surface area contributed by atoms with Gasteiger partial charge in [0.2, 0.25) is 10.0 Å². The van der Waals surface area contributed by atoms with E-state index in [-0.39, 0.29) is 10.9 Å². The number of benzene rings is 1. The van der Waals surface area contributed by atoms with E-state index in [4.69, 9.17) is 23.2 Å². The summed E-state index contributed by atoms with van der Waals surface area (Å²) in [4.78, 5) is 0.219. The summed E-state index contributed by atoms with van der Waals surface area (Å²) in [7, 11) is -3.46. The van der Waals surface area contributed by atoms with Crippen LogP contribution in [-0.4, -0.2) is 25.3 Å². The van der Waals surface area contributed by atoms with Gasteiger partial charge in [-0.3, -0.25) is 0 Å². The van der Waals surface area contributed by atoms with Gasteiger partial charge in [-0.15, -0.1) is 0 Å². The van der Waals surface area contributed by atoms with E-state index < -0.39 is 10.0 Å². The molecule has 0 N–H and O–H groups in total. The molecule has 3 nitrogen and oxygen atoms in total. The Morgan fingerprint density at radius 3 is 2.35 bits per heavy atom. The highest BCUT2D eigenvalue weighted by molar-refractivity contribution is 7.89. The van der Waals surface area contributed by atoms with Crippen molar-refractivity contribution in [2.24, 2.45) is 17.8 Å². The van der Waals surface area contributed by atoms with Crippen LogP contribution < -0.4 is 0 Å². The van der Waals surface area contributed by atoms with Gasteiger partial charge < -0.3 is 0 Å². The largest absolute Gasteiger partial charge is 0.243 e. The number of hydrogen-bond acceptors (Lipinski definition) is 2. The SMILES string of the molecule is O=S(=O)(c1cc(Cl)cc(Cl)c1)N1C[C@@H]2[C@H]3CC[C@@H](C3)[C@@H]21. The molecule has 6 heteroatoms. The van der Waals surface area contributed by atoms with Crippen LogP contribution in [0.2, 0.25) is 10.0 Å². The zero-order valence-corrected chi connectivity index (χ0v) is 13.1. The molecule has 4 rings (SSSR count). The van der Waals surface area contributed by atoms with Crippen molar-refractivity contribution in [1.29, 1.82) is 0 Å². The van der Waals surface area contributed by atoms with Crippen molar-refractivity contribution in [3.63, 3.8) is 0 Å². The molecule has 20 heavy (non-hydrogen) atoms. The molecule has 2 aliphatic carbocycles. The zero-order chi connectivity index (χ0) is 14.1. The number of fused-ring (bicyclic) bond motifs is 5. The molecule has 1 saturated heterocycles. The molecule has 1 aromatic rings. The lowest BCUT2D eigenvalue weighted by molar-refractivity contribution is 0.0507. The second-order valence-corrected chi connectivity index (χ2v) is 8.93. The maximum absolute atomic E-state index is 12.7. The molecule has 0 aromatic heterocycles. The van der Waals surface area contributed by atoms with E-state index in [2.05, 4.69) is 0 Å². The van der Waals surface area contributed by atoms with Crippen LogP contribution in [0.3, 0.4) is 0 Å². The van der Waals surface area contributed by atoms with Gasteiger partial charge in [0.25, 0.3) is 0 Å². The summed E-state index contributed by atoms with van der Waals surface area (Å²) in [5.41, 5.74) is 0. The summed E-state index contributed by atoms with van der Waals surface area (Å²) in [6, 6.07) is 4.75. The summed E-state index contributed by atoms with van der Waals surface area (Å²) in [5, 5.41) is 0.724. The molecule has 0 spiro atoms. The number of sulfonamides is 1. The lowest BCUT2D eigenvalue weighted by atomic mass is 9.79. The fourth-order valence-electron chi connectivity index (χ4n) is 4.35. The van der Waals surface area contributed by atoms with Crippen LogP contribution in [-0.2, 0) is 10.0 Å². The predicted molar refractivity (Wildman–Crippen MR) is 78.5 cm³/mol. The van der Waals surface area contributed by atoms with E-state index in [0.29, 0.717) is 28.4 Å². The van der Waals surface area contributed by atoms with E-state index in [1.165, 1.54) is 31.4 Å². The molecule has 3 fully saturated rings. The zero-order valence-electron chi connectivity index (χ0n) is 10.8. The van der Waals surface area contributed by atoms with Crippen molar-refractivity contribution in [2.45, 2.75) is 30.2 Å². The number of rotatable bonds is 2. The lowest BCUT2D eigenvalue weighted by Gasteiger charge is -2.49. The van der Waals surface area contributed by atoms with Gasteiger partial charge in [0, 0.05) is 22.6 Å². The minimum Gasteiger partial charge on any atom is -0.207 e. The molecular formula is C14H15Cl2NO2S. The first-order valence-corrected chi connectivity index (χ1v) is 9.14. The number of hydrogen-bond donors (Lipinski definition) is 0. The molecule has 4 atom stereocenters. The Bertz CT molecular complexity index is 654. The molecule has 1 aromatic carbocycles. The monoisotopic (exact) mass is 331 g/mol. The van der Waals surface area contributed by atoms with Crippen molar-refractivity contribution < 1.29 is 8.42 Å². The Labute approximate surface area is 128 Å². The second-order valence-electron chi connectivity index (χ2n) is 6.17. The van der Waals surface area contributed by atoms with E-state index >= 15 is 0 Å². The van der Waals surface area contributed by atoms with Gasteiger partial charge in [-0.25, -0.2) is 8.42 Å². The summed E-state index contributed by atoms with van der Waals surface area (Å²) >= 11 is 11.9. The molecule has 0 unspecified atom stereocenters. The van der Waals surface area contributed by atoms with Crippen molar-refractivity contribution in [1.82, 2.24) is 4.31 Å². The third kappa shape index (κ3) is 1.78. The Kier molecular flexibility index (Phi) is 2.91. The average Bonchev–Trinajstić information content (AvgIpc) is 2.83. The van der Waals surface area contributed by atoms with Crippen molar-refractivity contribution in [3.05, 3.63) is 28.2 Å². The Morgan fingerprint density at radius 2 is 1.70 bits per heavy atom. The summed E-state index contributed by atoms with van der Waals surface area (Å²) in [6.07, 6.45) is 3.66. The molecular weight excluding hydrogens is 317 g/mol. The van der Waals surface area contributed by atoms with Gasteiger partial charge in [-0.1, -0.05) is 23.2 Å². The van der Waals surface area contributed by atoms with Gasteiger partial charge in [-0.2, -0.15) is 4.31 Å². The molecule has 0 amide bonds. The van der Waals surface area contributed by atoms with Crippen LogP contribution in [0.25, 0.3) is 0 Å². The van der Waals surface area contributed by atoms with E-state index in [1.807, 2.05) is 0 Å². The highest BCUT2D eigenvalue weighted by atomic mass is 35.5. The molecule has 0 radical (unpaired) electrons. The van der Waals surface area contributed by atoms with Crippen molar-refractivity contribution in [3.8, 4) is 0 Å². The van der Waals surface area contributed by atoms with Gasteiger partial charge in [0.15, 0.2) is 0 Å². The maximum Gasteiger partial charge on any atom is 0.243 e. The second kappa shape index (κ2) is 4.35. The Balaban J connectivity index is 1.68. The fraction of sp³-hybridized carbons (Fsp3) is 0.571. The van der Waals surface area contributed by atoms with Gasteiger partial charge in [-0.05, 0) is 55.2 Å². The maximum atomic E-state index is 12.7. The van der Waals surface area contributed by atoms with E-state index in [1.54, 1.807) is 10.4 Å². The smallest absolute Gasteiger partial charge is 0.207 e. The molecule has 1 heterocycles. The minimum absolute atomic E-state index is 0.219. The highest BCUT2D eigenvalue weighted by Gasteiger charge is 2.59. The van der Waals surface area contributed by atoms with Crippen LogP contribution >= 0.6 is 23.2 Å². The minimum atomic E-state index is -3.46. The van der Waals surface area contributed by atoms with Crippen molar-refractivity contribution >= 4 is 33.2 Å². The Hall–Kier alpha value is -0.290. The molecule has 1 aliphatic heterocycles. The van der Waals surface area contributed by atoms with Gasteiger partial charge in [0.1, 0.15) is 0 Å². The highest BCUT2D eigenvalue weighted by Crippen LogP contribution is 2.56. The first kappa shape index (κ1) is 13.4. The van der Waals surface area contributed by atoms with Crippen LogP contribution in [0.1, 0.15) is 19.3 Å². The van der Waals surface area contributed by atoms with Crippen molar-refractivity contribution in [2.75, 3.05) is 6.54 Å². The number of halogens is 2. The molecule has 2 bridgehead atoms. The fourth-order valence-corrected chi connectivity index (χ4v) is 6.84. The topological polar surface area (TPSA) is 37.4 Å². The summed E-state index contributed by atoms with van der Waals surface area (Å²) < 4.78 is 27.2. The molecule has 108 valence electrons. The predicted octanol–water partition coefficient (Wildman–Crippen LogP) is 3.41. The quantitative estimate of drug-likeness (QED) is 0.832. The van der Waals surface area contributed by atoms with Crippen LogP contribution in [0.4, 0.5) is 0 Å². The molecule has 3 aliphatic rings. The van der Waals surface area contributed by atoms with E-state index in [0.717, 1.165) is 5.92 Å². The lowest BCUT2D eigenvalue weighted by Crippen LogP contribution is -2.60. The summed E-state index contributed by atoms with van der Waals surface area (Å²) in [6.45, 7) is 0.665. The first-order chi connectivity index (χ1) is 9.46. The third-order valence-corrected chi connectivity index (χ3v) is 7.48. The Morgan fingerprint density at radius 1 is 1.05 bits per heavy atom. The average molecular weight is 332 g/mol.